The molecule has 1 aromatic rings. The molecule has 5 nitrogen and oxygen atoms in total. The van der Waals surface area contributed by atoms with Gasteiger partial charge in [-0.15, -0.1) is 0 Å². The minimum atomic E-state index is -0.950. The Labute approximate surface area is 102 Å². The Bertz CT molecular complexity index is 488. The number of benzene rings is 1. The minimum Gasteiger partial charge on any atom is -0.506 e. The van der Waals surface area contributed by atoms with Crippen LogP contribution in [0.15, 0.2) is 18.2 Å². The number of halogens is 1. The fraction of sp³-hybridized carbons (Fsp3) is 0.273. The van der Waals surface area contributed by atoms with Crippen molar-refractivity contribution in [2.45, 2.75) is 6.42 Å². The molecule has 2 rings (SSSR count). The molecule has 1 aliphatic carbocycles. The van der Waals surface area contributed by atoms with Gasteiger partial charge in [-0.05, 0) is 24.6 Å². The van der Waals surface area contributed by atoms with Crippen molar-refractivity contribution in [3.05, 3.63) is 23.2 Å². The number of carboxylic acids is 1. The highest BCUT2D eigenvalue weighted by molar-refractivity contribution is 6.32. The summed E-state index contributed by atoms with van der Waals surface area (Å²) in [6, 6.07) is 4.27. The van der Waals surface area contributed by atoms with Crippen molar-refractivity contribution < 1.29 is 19.8 Å². The zero-order chi connectivity index (χ0) is 12.6. The molecule has 1 fully saturated rings. The molecule has 0 spiro atoms. The number of nitrogens with one attached hydrogen (secondary N) is 1. The molecule has 0 aliphatic heterocycles. The lowest BCUT2D eigenvalue weighted by atomic mass is 10.2. The van der Waals surface area contributed by atoms with Crippen molar-refractivity contribution >= 4 is 29.2 Å². The van der Waals surface area contributed by atoms with E-state index in [0.717, 1.165) is 0 Å². The van der Waals surface area contributed by atoms with E-state index in [2.05, 4.69) is 5.32 Å². The van der Waals surface area contributed by atoms with E-state index in [0.29, 0.717) is 12.1 Å². The lowest BCUT2D eigenvalue weighted by molar-refractivity contribution is -0.139. The van der Waals surface area contributed by atoms with E-state index in [1.165, 1.54) is 18.2 Å². The number of hydrogen-bond acceptors (Lipinski definition) is 3. The molecule has 2 atom stereocenters. The van der Waals surface area contributed by atoms with Crippen molar-refractivity contribution in [1.82, 2.24) is 0 Å². The van der Waals surface area contributed by atoms with Gasteiger partial charge in [0.2, 0.25) is 5.91 Å². The summed E-state index contributed by atoms with van der Waals surface area (Å²) in [7, 11) is 0. The maximum absolute atomic E-state index is 11.6. The van der Waals surface area contributed by atoms with Crippen molar-refractivity contribution in [1.29, 1.82) is 0 Å². The van der Waals surface area contributed by atoms with Gasteiger partial charge in [-0.2, -0.15) is 0 Å². The molecule has 17 heavy (non-hydrogen) atoms. The third-order valence-electron chi connectivity index (χ3n) is 2.66. The summed E-state index contributed by atoms with van der Waals surface area (Å²) < 4.78 is 0. The maximum atomic E-state index is 11.6. The lowest BCUT2D eigenvalue weighted by Gasteiger charge is -2.05. The van der Waals surface area contributed by atoms with Crippen LogP contribution < -0.4 is 5.32 Å². The van der Waals surface area contributed by atoms with Gasteiger partial charge in [0.25, 0.3) is 0 Å². The SMILES string of the molecule is O=C(O)[C@H]1C[C@H]1C(=O)Nc1ccc(O)c(Cl)c1. The Morgan fingerprint density at radius 3 is 2.59 bits per heavy atom. The molecule has 1 amide bonds. The van der Waals surface area contributed by atoms with Crippen molar-refractivity contribution in [2.24, 2.45) is 11.8 Å². The Balaban J connectivity index is 2.00. The second-order valence-corrected chi connectivity index (χ2v) is 4.35. The van der Waals surface area contributed by atoms with E-state index >= 15 is 0 Å². The van der Waals surface area contributed by atoms with Crippen molar-refractivity contribution in [3.63, 3.8) is 0 Å². The fourth-order valence-corrected chi connectivity index (χ4v) is 1.76. The Hall–Kier alpha value is -1.75. The summed E-state index contributed by atoms with van der Waals surface area (Å²) >= 11 is 5.68. The number of carboxylic acid groups (broad SMARTS) is 1. The predicted octanol–water partition coefficient (Wildman–Crippen LogP) is 1.70. The van der Waals surface area contributed by atoms with Gasteiger partial charge in [0.15, 0.2) is 0 Å². The number of aliphatic carboxylic acids is 1. The normalized spacial score (nSPS) is 21.9. The third-order valence-corrected chi connectivity index (χ3v) is 2.96. The maximum Gasteiger partial charge on any atom is 0.307 e. The quantitative estimate of drug-likeness (QED) is 0.718. The van der Waals surface area contributed by atoms with Crippen LogP contribution in [-0.4, -0.2) is 22.1 Å². The van der Waals surface area contributed by atoms with E-state index in [1.807, 2.05) is 0 Å². The predicted molar refractivity (Wildman–Crippen MR) is 61.0 cm³/mol. The van der Waals surface area contributed by atoms with Crippen LogP contribution in [0, 0.1) is 11.8 Å². The summed E-state index contributed by atoms with van der Waals surface area (Å²) in [5.74, 6) is -2.41. The molecule has 1 saturated carbocycles. The average Bonchev–Trinajstić information content (AvgIpc) is 3.03. The van der Waals surface area contributed by atoms with Crippen LogP contribution in [0.1, 0.15) is 6.42 Å². The number of phenols is 1. The highest BCUT2D eigenvalue weighted by Crippen LogP contribution is 2.39. The molecule has 1 aromatic carbocycles. The first-order valence-electron chi connectivity index (χ1n) is 5.01. The van der Waals surface area contributed by atoms with Gasteiger partial charge in [-0.1, -0.05) is 11.6 Å². The van der Waals surface area contributed by atoms with Crippen LogP contribution >= 0.6 is 11.6 Å². The van der Waals surface area contributed by atoms with Gasteiger partial charge >= 0.3 is 5.97 Å². The fourth-order valence-electron chi connectivity index (χ4n) is 1.58. The van der Waals surface area contributed by atoms with Crippen LogP contribution in [-0.2, 0) is 9.59 Å². The van der Waals surface area contributed by atoms with E-state index in [9.17, 15) is 14.7 Å². The Morgan fingerprint density at radius 1 is 1.35 bits per heavy atom. The first-order chi connectivity index (χ1) is 7.99. The first kappa shape index (κ1) is 11.7. The molecule has 0 unspecified atom stereocenters. The van der Waals surface area contributed by atoms with Crippen LogP contribution in [0.2, 0.25) is 5.02 Å². The van der Waals surface area contributed by atoms with Gasteiger partial charge < -0.3 is 15.5 Å². The first-order valence-corrected chi connectivity index (χ1v) is 5.39. The Kier molecular flexibility index (Phi) is 2.93. The molecule has 90 valence electrons. The highest BCUT2D eigenvalue weighted by atomic mass is 35.5. The molecule has 0 saturated heterocycles. The zero-order valence-electron chi connectivity index (χ0n) is 8.68. The smallest absolute Gasteiger partial charge is 0.307 e. The summed E-state index contributed by atoms with van der Waals surface area (Å²) in [6.45, 7) is 0. The molecule has 0 aromatic heterocycles. The molecular formula is C11H10ClNO4. The second-order valence-electron chi connectivity index (χ2n) is 3.94. The largest absolute Gasteiger partial charge is 0.506 e. The molecule has 6 heteroatoms. The highest BCUT2D eigenvalue weighted by Gasteiger charge is 2.48. The summed E-state index contributed by atoms with van der Waals surface area (Å²) in [6.07, 6.45) is 0.368. The number of rotatable bonds is 3. The number of anilines is 1. The average molecular weight is 256 g/mol. The van der Waals surface area contributed by atoms with Crippen LogP contribution in [0.3, 0.4) is 0 Å². The molecule has 3 N–H and O–H groups in total. The summed E-state index contributed by atoms with van der Waals surface area (Å²) in [5.41, 5.74) is 0.439. The van der Waals surface area contributed by atoms with E-state index in [4.69, 9.17) is 16.7 Å². The molecular weight excluding hydrogens is 246 g/mol. The van der Waals surface area contributed by atoms with E-state index in [-0.39, 0.29) is 16.7 Å². The molecule has 0 heterocycles. The number of hydrogen-bond donors (Lipinski definition) is 3. The van der Waals surface area contributed by atoms with Crippen LogP contribution in [0.5, 0.6) is 5.75 Å². The second kappa shape index (κ2) is 4.25. The van der Waals surface area contributed by atoms with Gasteiger partial charge in [-0.3, -0.25) is 9.59 Å². The number of carbonyl (C=O) groups excluding carboxylic acids is 1. The summed E-state index contributed by atoms with van der Waals surface area (Å²) in [5, 5.41) is 20.6. The van der Waals surface area contributed by atoms with Crippen molar-refractivity contribution in [2.75, 3.05) is 5.32 Å². The van der Waals surface area contributed by atoms with Gasteiger partial charge in [-0.25, -0.2) is 0 Å². The molecule has 1 aliphatic rings. The Morgan fingerprint density at radius 2 is 2.06 bits per heavy atom. The van der Waals surface area contributed by atoms with Gasteiger partial charge in [0.05, 0.1) is 16.9 Å². The number of carbonyl (C=O) groups is 2. The number of aromatic hydroxyl groups is 1. The van der Waals surface area contributed by atoms with E-state index < -0.39 is 17.8 Å². The van der Waals surface area contributed by atoms with Crippen molar-refractivity contribution in [3.8, 4) is 5.75 Å². The van der Waals surface area contributed by atoms with Gasteiger partial charge in [0.1, 0.15) is 5.75 Å². The van der Waals surface area contributed by atoms with Gasteiger partial charge in [0, 0.05) is 5.69 Å². The van der Waals surface area contributed by atoms with E-state index in [1.54, 1.807) is 0 Å². The number of phenolic OH excluding ortho intramolecular Hbond substituents is 1. The zero-order valence-corrected chi connectivity index (χ0v) is 9.44. The topological polar surface area (TPSA) is 86.6 Å². The monoisotopic (exact) mass is 255 g/mol. The van der Waals surface area contributed by atoms with Crippen LogP contribution in [0.25, 0.3) is 0 Å². The standard InChI is InChI=1S/C11H10ClNO4/c12-8-3-5(1-2-9(8)14)13-10(15)6-4-7(6)11(16)17/h1-3,6-7,14H,4H2,(H,13,15)(H,16,17)/t6-,7+/m1/s1. The summed E-state index contributed by atoms with van der Waals surface area (Å²) in [4.78, 5) is 22.2. The lowest BCUT2D eigenvalue weighted by Crippen LogP contribution is -2.16. The third kappa shape index (κ3) is 2.50. The molecule has 0 bridgehead atoms. The molecule has 0 radical (unpaired) electrons. The minimum absolute atomic E-state index is 0.0699. The van der Waals surface area contributed by atoms with Crippen LogP contribution in [0.4, 0.5) is 5.69 Å². The number of amides is 1.